The van der Waals surface area contributed by atoms with Crippen LogP contribution < -0.4 is 0 Å². The molecule has 11 heavy (non-hydrogen) atoms. The molecule has 4 nitrogen and oxygen atoms in total. The van der Waals surface area contributed by atoms with E-state index in [2.05, 4.69) is 4.28 Å². The summed E-state index contributed by atoms with van der Waals surface area (Å²) in [5.74, 6) is 0.0989. The lowest BCUT2D eigenvalue weighted by atomic mass is 10.4. The lowest BCUT2D eigenvalue weighted by molar-refractivity contribution is 0.00519. The minimum Gasteiger partial charge on any atom is -0.198 e. The Kier molecular flexibility index (Phi) is 4.63. The molecule has 0 aromatic rings. The smallest absolute Gasteiger partial charge is 0.198 e. The molecule has 0 aromatic heterocycles. The SMILES string of the molecule is CCCCS(=O)(=O)ON(C)C. The molecule has 0 spiro atoms. The standard InChI is InChI=1S/C6H15NO3S/c1-4-5-6-11(8,9)10-7(2)3/h4-6H2,1-3H3. The van der Waals surface area contributed by atoms with Gasteiger partial charge < -0.3 is 0 Å². The zero-order chi connectivity index (χ0) is 8.91. The molecule has 0 saturated heterocycles. The highest BCUT2D eigenvalue weighted by Gasteiger charge is 2.11. The van der Waals surface area contributed by atoms with Crippen LogP contribution in [0.2, 0.25) is 0 Å². The average molecular weight is 181 g/mol. The summed E-state index contributed by atoms with van der Waals surface area (Å²) in [5.41, 5.74) is 0. The summed E-state index contributed by atoms with van der Waals surface area (Å²) in [6.45, 7) is 1.94. The maximum Gasteiger partial charge on any atom is 0.283 e. The highest BCUT2D eigenvalue weighted by Crippen LogP contribution is 1.99. The van der Waals surface area contributed by atoms with Crippen LogP contribution in [0.25, 0.3) is 0 Å². The summed E-state index contributed by atoms with van der Waals surface area (Å²) in [6.07, 6.45) is 1.51. The Morgan fingerprint density at radius 3 is 2.27 bits per heavy atom. The highest BCUT2D eigenvalue weighted by atomic mass is 32.2. The van der Waals surface area contributed by atoms with Crippen molar-refractivity contribution in [3.63, 3.8) is 0 Å². The van der Waals surface area contributed by atoms with E-state index < -0.39 is 10.1 Å². The van der Waals surface area contributed by atoms with Gasteiger partial charge in [0.1, 0.15) is 0 Å². The first-order chi connectivity index (χ1) is 4.98. The van der Waals surface area contributed by atoms with Crippen molar-refractivity contribution in [2.45, 2.75) is 19.8 Å². The van der Waals surface area contributed by atoms with Gasteiger partial charge >= 0.3 is 0 Å². The second-order valence-corrected chi connectivity index (χ2v) is 4.17. The quantitative estimate of drug-likeness (QED) is 0.583. The number of nitrogens with zero attached hydrogens (tertiary/aromatic N) is 1. The van der Waals surface area contributed by atoms with Gasteiger partial charge in [0.15, 0.2) is 0 Å². The molecule has 0 fully saturated rings. The third-order valence-corrected chi connectivity index (χ3v) is 2.32. The van der Waals surface area contributed by atoms with E-state index in [1.165, 1.54) is 5.06 Å². The lowest BCUT2D eigenvalue weighted by Gasteiger charge is -2.09. The summed E-state index contributed by atoms with van der Waals surface area (Å²) in [7, 11) is -0.227. The number of unbranched alkanes of at least 4 members (excludes halogenated alkanes) is 1. The van der Waals surface area contributed by atoms with Gasteiger partial charge in [0.25, 0.3) is 10.1 Å². The molecule has 0 amide bonds. The minimum absolute atomic E-state index is 0.0989. The minimum atomic E-state index is -3.32. The third kappa shape index (κ3) is 6.28. The molecule has 5 heteroatoms. The van der Waals surface area contributed by atoms with Crippen LogP contribution in [-0.4, -0.2) is 33.3 Å². The number of hydrogen-bond donors (Lipinski definition) is 0. The summed E-state index contributed by atoms with van der Waals surface area (Å²) in [5, 5.41) is 1.19. The first-order valence-electron chi connectivity index (χ1n) is 3.57. The van der Waals surface area contributed by atoms with Crippen molar-refractivity contribution in [1.29, 1.82) is 0 Å². The van der Waals surface area contributed by atoms with E-state index >= 15 is 0 Å². The van der Waals surface area contributed by atoms with Crippen LogP contribution >= 0.6 is 0 Å². The Labute approximate surface area is 68.2 Å². The van der Waals surface area contributed by atoms with E-state index in [0.717, 1.165) is 6.42 Å². The van der Waals surface area contributed by atoms with Crippen LogP contribution in [0.1, 0.15) is 19.8 Å². The van der Waals surface area contributed by atoms with E-state index in [1.807, 2.05) is 6.92 Å². The molecule has 0 atom stereocenters. The van der Waals surface area contributed by atoms with Crippen LogP contribution in [-0.2, 0) is 14.4 Å². The van der Waals surface area contributed by atoms with Gasteiger partial charge in [-0.3, -0.25) is 0 Å². The number of hydrogen-bond acceptors (Lipinski definition) is 4. The summed E-state index contributed by atoms with van der Waals surface area (Å²) in [4.78, 5) is 0. The fourth-order valence-corrected chi connectivity index (χ4v) is 1.76. The van der Waals surface area contributed by atoms with Crippen LogP contribution in [0.5, 0.6) is 0 Å². The summed E-state index contributed by atoms with van der Waals surface area (Å²) >= 11 is 0. The molecule has 0 aliphatic rings. The molecule has 0 radical (unpaired) electrons. The van der Waals surface area contributed by atoms with Gasteiger partial charge in [-0.25, -0.2) is 0 Å². The van der Waals surface area contributed by atoms with Gasteiger partial charge in [0.05, 0.1) is 5.75 Å². The molecule has 0 rings (SSSR count). The third-order valence-electron chi connectivity index (χ3n) is 1.01. The molecule has 0 saturated carbocycles. The Bertz CT molecular complexity index is 186. The Morgan fingerprint density at radius 1 is 1.36 bits per heavy atom. The average Bonchev–Trinajstić information content (AvgIpc) is 1.81. The maximum absolute atomic E-state index is 10.9. The monoisotopic (exact) mass is 181 g/mol. The van der Waals surface area contributed by atoms with Gasteiger partial charge in [0.2, 0.25) is 0 Å². The van der Waals surface area contributed by atoms with Crippen molar-refractivity contribution in [2.24, 2.45) is 0 Å². The van der Waals surface area contributed by atoms with Crippen molar-refractivity contribution in [3.8, 4) is 0 Å². The van der Waals surface area contributed by atoms with E-state index in [9.17, 15) is 8.42 Å². The van der Waals surface area contributed by atoms with Gasteiger partial charge in [-0.2, -0.15) is 17.8 Å². The predicted octanol–water partition coefficient (Wildman–Crippen LogP) is 0.610. The normalized spacial score (nSPS) is 12.4. The second kappa shape index (κ2) is 4.69. The first-order valence-corrected chi connectivity index (χ1v) is 5.15. The molecular formula is C6H15NO3S. The zero-order valence-electron chi connectivity index (χ0n) is 7.20. The van der Waals surface area contributed by atoms with Gasteiger partial charge in [-0.05, 0) is 6.42 Å². The predicted molar refractivity (Wildman–Crippen MR) is 43.5 cm³/mol. The van der Waals surface area contributed by atoms with E-state index in [-0.39, 0.29) is 5.75 Å². The fourth-order valence-electron chi connectivity index (χ4n) is 0.586. The first kappa shape index (κ1) is 10.9. The van der Waals surface area contributed by atoms with Crippen molar-refractivity contribution in [1.82, 2.24) is 5.06 Å². The zero-order valence-corrected chi connectivity index (χ0v) is 8.02. The van der Waals surface area contributed by atoms with Gasteiger partial charge in [-0.15, -0.1) is 0 Å². The van der Waals surface area contributed by atoms with E-state index in [4.69, 9.17) is 0 Å². The molecule has 0 bridgehead atoms. The summed E-state index contributed by atoms with van der Waals surface area (Å²) < 4.78 is 26.4. The molecule has 0 N–H and O–H groups in total. The number of hydroxylamine groups is 2. The maximum atomic E-state index is 10.9. The van der Waals surface area contributed by atoms with Crippen molar-refractivity contribution >= 4 is 10.1 Å². The molecule has 0 aliphatic heterocycles. The van der Waals surface area contributed by atoms with Crippen LogP contribution in [0.15, 0.2) is 0 Å². The topological polar surface area (TPSA) is 46.6 Å². The number of rotatable bonds is 5. The van der Waals surface area contributed by atoms with Crippen molar-refractivity contribution < 1.29 is 12.7 Å². The molecule has 0 heterocycles. The molecule has 0 aliphatic carbocycles. The van der Waals surface area contributed by atoms with Crippen LogP contribution in [0.4, 0.5) is 0 Å². The largest absolute Gasteiger partial charge is 0.283 e. The molecule has 0 unspecified atom stereocenters. The van der Waals surface area contributed by atoms with E-state index in [1.54, 1.807) is 14.1 Å². The van der Waals surface area contributed by atoms with Crippen LogP contribution in [0.3, 0.4) is 0 Å². The van der Waals surface area contributed by atoms with Crippen molar-refractivity contribution in [3.05, 3.63) is 0 Å². The molecular weight excluding hydrogens is 166 g/mol. The molecule has 68 valence electrons. The van der Waals surface area contributed by atoms with Gasteiger partial charge in [0, 0.05) is 14.1 Å². The highest BCUT2D eigenvalue weighted by molar-refractivity contribution is 7.86. The Balaban J connectivity index is 3.82. The van der Waals surface area contributed by atoms with Gasteiger partial charge in [-0.1, -0.05) is 13.3 Å². The summed E-state index contributed by atoms with van der Waals surface area (Å²) in [6, 6.07) is 0. The second-order valence-electron chi connectivity index (χ2n) is 2.50. The van der Waals surface area contributed by atoms with Crippen LogP contribution in [0, 0.1) is 0 Å². The Hall–Kier alpha value is -0.130. The lowest BCUT2D eigenvalue weighted by Crippen LogP contribution is -2.21. The fraction of sp³-hybridized carbons (Fsp3) is 1.00. The van der Waals surface area contributed by atoms with Crippen molar-refractivity contribution in [2.75, 3.05) is 19.8 Å². The van der Waals surface area contributed by atoms with E-state index in [0.29, 0.717) is 6.42 Å². The molecule has 0 aromatic carbocycles. The Morgan fingerprint density at radius 2 is 1.91 bits per heavy atom.